The molecule has 10 rings (SSSR count). The predicted octanol–water partition coefficient (Wildman–Crippen LogP) is 8.82. The van der Waals surface area contributed by atoms with Crippen LogP contribution in [0.2, 0.25) is 10.3 Å². The third-order valence-electron chi connectivity index (χ3n) is 12.0. The van der Waals surface area contributed by atoms with Gasteiger partial charge in [-0.2, -0.15) is 0 Å². The van der Waals surface area contributed by atoms with Gasteiger partial charge in [-0.25, -0.2) is 15.0 Å². The molecule has 63 heavy (non-hydrogen) atoms. The van der Waals surface area contributed by atoms with Crippen molar-refractivity contribution in [3.63, 3.8) is 0 Å². The molecule has 0 spiro atoms. The summed E-state index contributed by atoms with van der Waals surface area (Å²) in [5.41, 5.74) is 4.32. The first-order valence-electron chi connectivity index (χ1n) is 20.6. The molecular weight excluding hydrogens is 843 g/mol. The second-order valence-corrected chi connectivity index (χ2v) is 16.4. The van der Waals surface area contributed by atoms with Gasteiger partial charge in [0.1, 0.15) is 50.8 Å². The molecule has 0 radical (unpaired) electrons. The monoisotopic (exact) mass is 882 g/mol. The predicted molar refractivity (Wildman–Crippen MR) is 240 cm³/mol. The molecule has 3 aliphatic rings. The van der Waals surface area contributed by atoms with Gasteiger partial charge in [0.25, 0.3) is 11.8 Å². The van der Waals surface area contributed by atoms with Crippen molar-refractivity contribution in [3.05, 3.63) is 136 Å². The Morgan fingerprint density at radius 1 is 0.746 bits per heavy atom. The van der Waals surface area contributed by atoms with E-state index in [0.29, 0.717) is 70.9 Å². The first-order valence-corrected chi connectivity index (χ1v) is 21.3. The van der Waals surface area contributed by atoms with Crippen molar-refractivity contribution in [1.82, 2.24) is 35.1 Å². The second-order valence-electron chi connectivity index (χ2n) is 15.6. The summed E-state index contributed by atoms with van der Waals surface area (Å²) in [6, 6.07) is 26.6. The number of nitrogens with zero attached hydrogens (tertiary/aromatic N) is 5. The molecule has 3 aromatic heterocycles. The zero-order chi connectivity index (χ0) is 43.4. The number of halogens is 2. The molecule has 16 heteroatoms. The van der Waals surface area contributed by atoms with E-state index < -0.39 is 12.3 Å². The number of nitrogens with one attached hydrogen (secondary N) is 3. The molecule has 3 N–H and O–H groups in total. The first-order chi connectivity index (χ1) is 30.7. The number of fused-ring (bicyclic) bond motifs is 3. The molecular formula is C47H40Cl2N8O6. The fourth-order valence-electron chi connectivity index (χ4n) is 8.94. The maximum absolute atomic E-state index is 14.1. The summed E-state index contributed by atoms with van der Waals surface area (Å²) in [4.78, 5) is 62.2. The fourth-order valence-corrected chi connectivity index (χ4v) is 9.32. The van der Waals surface area contributed by atoms with Crippen LogP contribution in [0.15, 0.2) is 97.2 Å². The van der Waals surface area contributed by atoms with E-state index in [-0.39, 0.29) is 45.5 Å². The molecule has 6 heterocycles. The van der Waals surface area contributed by atoms with Gasteiger partial charge >= 0.3 is 0 Å². The zero-order valence-electron chi connectivity index (χ0n) is 34.2. The third kappa shape index (κ3) is 7.38. The minimum Gasteiger partial charge on any atom is -0.496 e. The van der Waals surface area contributed by atoms with Crippen molar-refractivity contribution >= 4 is 84.9 Å². The zero-order valence-corrected chi connectivity index (χ0v) is 35.7. The van der Waals surface area contributed by atoms with E-state index in [1.165, 1.54) is 0 Å². The summed E-state index contributed by atoms with van der Waals surface area (Å²) in [6.45, 7) is 0.977. The van der Waals surface area contributed by atoms with Gasteiger partial charge in [0.05, 0.1) is 31.3 Å². The Bertz CT molecular complexity index is 3010. The lowest BCUT2D eigenvalue weighted by Crippen LogP contribution is -2.43. The number of rotatable bonds is 9. The van der Waals surface area contributed by atoms with Gasteiger partial charge in [-0.15, -0.1) is 0 Å². The van der Waals surface area contributed by atoms with Crippen LogP contribution in [0.5, 0.6) is 11.5 Å². The smallest absolute Gasteiger partial charge is 0.273 e. The number of ether oxygens (including phenoxy) is 3. The summed E-state index contributed by atoms with van der Waals surface area (Å²) < 4.78 is 17.4. The van der Waals surface area contributed by atoms with Crippen LogP contribution in [0.1, 0.15) is 75.9 Å². The molecule has 0 saturated carbocycles. The molecule has 7 aromatic rings. The largest absolute Gasteiger partial charge is 0.496 e. The highest BCUT2D eigenvalue weighted by Crippen LogP contribution is 2.37. The summed E-state index contributed by atoms with van der Waals surface area (Å²) in [5, 5.41) is 9.36. The molecule has 4 aromatic carbocycles. The minimum atomic E-state index is -0.676. The Balaban J connectivity index is 0.796. The van der Waals surface area contributed by atoms with Crippen molar-refractivity contribution in [3.8, 4) is 11.5 Å². The molecule has 2 saturated heterocycles. The van der Waals surface area contributed by atoms with Crippen LogP contribution in [0.3, 0.4) is 0 Å². The Labute approximate surface area is 371 Å². The molecule has 3 aliphatic heterocycles. The molecule has 1 unspecified atom stereocenters. The maximum atomic E-state index is 14.1. The quantitative estimate of drug-likeness (QED) is 0.119. The van der Waals surface area contributed by atoms with Gasteiger partial charge in [-0.3, -0.25) is 14.4 Å². The lowest BCUT2D eigenvalue weighted by atomic mass is 10.1. The van der Waals surface area contributed by atoms with Crippen molar-refractivity contribution in [1.29, 1.82) is 0 Å². The van der Waals surface area contributed by atoms with E-state index in [1.807, 2.05) is 71.8 Å². The number of likely N-dealkylation sites (tertiary alicyclic amines) is 2. The number of amides is 3. The molecule has 14 nitrogen and oxygen atoms in total. The first kappa shape index (κ1) is 40.2. The van der Waals surface area contributed by atoms with Crippen molar-refractivity contribution in [2.24, 2.45) is 0 Å². The highest BCUT2D eigenvalue weighted by molar-refractivity contribution is 6.31. The van der Waals surface area contributed by atoms with Crippen LogP contribution >= 0.6 is 23.2 Å². The van der Waals surface area contributed by atoms with E-state index in [4.69, 9.17) is 42.4 Å². The molecule has 3 atom stereocenters. The minimum absolute atomic E-state index is 0.166. The van der Waals surface area contributed by atoms with Gasteiger partial charge in [-0.05, 0) is 80.3 Å². The number of hydrogen-bond donors (Lipinski definition) is 3. The average Bonchev–Trinajstić information content (AvgIpc) is 4.15. The lowest BCUT2D eigenvalue weighted by molar-refractivity contribution is -0.119. The Morgan fingerprint density at radius 2 is 1.38 bits per heavy atom. The Kier molecular flexibility index (Phi) is 10.5. The summed E-state index contributed by atoms with van der Waals surface area (Å²) in [6.07, 6.45) is 4.12. The molecule has 3 amide bonds. The summed E-state index contributed by atoms with van der Waals surface area (Å²) in [7, 11) is 3.14. The SMILES string of the molecule is COc1cccc2c(C(=O)N3CCC[C@H]3C(=O)Nc3ccc(C4NC=C(c5ccc6nc([C@@H]7CCCN7C(=O)c7nc(Cl)cc8c(OC)cccc78)[nH]c6c5)O4)cc3)nc(Cl)cc12. The topological polar surface area (TPSA) is 164 Å². The van der Waals surface area contributed by atoms with Gasteiger partial charge in [0.15, 0.2) is 6.23 Å². The van der Waals surface area contributed by atoms with Crippen LogP contribution in [0.4, 0.5) is 5.69 Å². The van der Waals surface area contributed by atoms with Gasteiger partial charge < -0.3 is 39.6 Å². The van der Waals surface area contributed by atoms with Crippen LogP contribution in [0, 0.1) is 0 Å². The van der Waals surface area contributed by atoms with Gasteiger partial charge in [-0.1, -0.05) is 59.6 Å². The lowest BCUT2D eigenvalue weighted by Gasteiger charge is -2.24. The molecule has 318 valence electrons. The maximum Gasteiger partial charge on any atom is 0.273 e. The van der Waals surface area contributed by atoms with Crippen molar-refractivity contribution < 1.29 is 28.6 Å². The van der Waals surface area contributed by atoms with E-state index in [9.17, 15) is 14.4 Å². The Hall–Kier alpha value is -6.90. The van der Waals surface area contributed by atoms with Crippen LogP contribution < -0.4 is 20.1 Å². The number of pyridine rings is 2. The Morgan fingerprint density at radius 3 is 2.05 bits per heavy atom. The number of imidazole rings is 1. The van der Waals surface area contributed by atoms with Crippen LogP contribution in [0.25, 0.3) is 38.3 Å². The van der Waals surface area contributed by atoms with E-state index in [2.05, 4.69) is 25.6 Å². The third-order valence-corrected chi connectivity index (χ3v) is 12.4. The number of methoxy groups -OCH3 is 2. The van der Waals surface area contributed by atoms with Crippen molar-refractivity contribution in [2.45, 2.75) is 44.0 Å². The average molecular weight is 884 g/mol. The number of benzene rings is 4. The normalized spacial score (nSPS) is 18.4. The molecule has 2 fully saturated rings. The summed E-state index contributed by atoms with van der Waals surface area (Å²) in [5.74, 6) is 1.68. The number of aromatic nitrogens is 4. The number of H-pyrrole nitrogens is 1. The standard InChI is InChI=1S/C47H40Cl2N8O6/c1-61-36-11-3-7-28-30(36)22-39(48)54-41(28)46(59)56-19-5-9-34(56)43-52-32-18-15-26(21-33(32)53-43)38-24-50-45(63-38)25-13-16-27(17-14-25)51-44(58)35-10-6-20-57(35)47(60)42-29-8-4-12-37(62-2)31(29)23-40(49)55-42/h3-4,7-8,11-18,21-24,34-35,45,50H,5-6,9-10,19-20H2,1-2H3,(H,51,58)(H,52,53)/t34-,35-,45?/m0/s1. The number of carbonyl (C=O) groups is 3. The van der Waals surface area contributed by atoms with Crippen LogP contribution in [-0.4, -0.2) is 80.8 Å². The summed E-state index contributed by atoms with van der Waals surface area (Å²) >= 11 is 12.8. The number of hydrogen-bond acceptors (Lipinski definition) is 10. The number of anilines is 1. The van der Waals surface area contributed by atoms with E-state index in [0.717, 1.165) is 40.4 Å². The highest BCUT2D eigenvalue weighted by atomic mass is 35.5. The molecule has 0 aliphatic carbocycles. The van der Waals surface area contributed by atoms with Crippen LogP contribution in [-0.2, 0) is 9.53 Å². The molecule has 0 bridgehead atoms. The van der Waals surface area contributed by atoms with Gasteiger partial charge in [0, 0.05) is 57.6 Å². The van der Waals surface area contributed by atoms with Crippen molar-refractivity contribution in [2.75, 3.05) is 32.6 Å². The van der Waals surface area contributed by atoms with E-state index in [1.54, 1.807) is 49.5 Å². The fraction of sp³-hybridized carbons (Fsp3) is 0.234. The second kappa shape index (κ2) is 16.4. The number of carbonyl (C=O) groups excluding carboxylic acids is 3. The van der Waals surface area contributed by atoms with E-state index >= 15 is 0 Å². The number of aromatic amines is 1. The van der Waals surface area contributed by atoms with Gasteiger partial charge in [0.2, 0.25) is 5.91 Å². The highest BCUT2D eigenvalue weighted by Gasteiger charge is 2.37.